The van der Waals surface area contributed by atoms with Crippen molar-refractivity contribution in [2.45, 2.75) is 23.0 Å². The summed E-state index contributed by atoms with van der Waals surface area (Å²) in [6, 6.07) is 14.2. The van der Waals surface area contributed by atoms with Crippen LogP contribution in [0.3, 0.4) is 0 Å². The molecule has 0 aromatic heterocycles. The summed E-state index contributed by atoms with van der Waals surface area (Å²) in [5.74, 6) is -0.238. The second kappa shape index (κ2) is 6.15. The van der Waals surface area contributed by atoms with Crippen molar-refractivity contribution in [3.05, 3.63) is 64.7 Å². The normalized spacial score (nSPS) is 22.3. The minimum Gasteiger partial charge on any atom is -0.330 e. The molecule has 2 aromatic carbocycles. The first-order valence-electron chi connectivity index (χ1n) is 7.83. The Morgan fingerprint density at radius 1 is 1.08 bits per heavy atom. The van der Waals surface area contributed by atoms with E-state index in [1.165, 1.54) is 0 Å². The Kier molecular flexibility index (Phi) is 4.47. The lowest BCUT2D eigenvalue weighted by Crippen LogP contribution is -2.31. The van der Waals surface area contributed by atoms with E-state index >= 15 is 0 Å². The molecular weight excluding hydrogens is 344 g/mol. The highest BCUT2D eigenvalue weighted by molar-refractivity contribution is 7.92. The monoisotopic (exact) mass is 364 g/mol. The summed E-state index contributed by atoms with van der Waals surface area (Å²) in [6.45, 7) is 2.36. The van der Waals surface area contributed by atoms with Gasteiger partial charge in [0.15, 0.2) is 9.84 Å². The molecule has 1 aliphatic rings. The van der Waals surface area contributed by atoms with Crippen LogP contribution in [0, 0.1) is 12.3 Å². The van der Waals surface area contributed by atoms with E-state index in [1.807, 2.05) is 19.1 Å². The summed E-state index contributed by atoms with van der Waals surface area (Å²) in [5.41, 5.74) is 13.2. The predicted molar refractivity (Wildman–Crippen MR) is 96.9 cm³/mol. The van der Waals surface area contributed by atoms with Gasteiger partial charge < -0.3 is 11.5 Å². The van der Waals surface area contributed by atoms with E-state index in [9.17, 15) is 8.42 Å². The van der Waals surface area contributed by atoms with Crippen LogP contribution in [0.5, 0.6) is 0 Å². The molecule has 0 amide bonds. The smallest absolute Gasteiger partial charge is 0.182 e. The van der Waals surface area contributed by atoms with Gasteiger partial charge in [-0.2, -0.15) is 0 Å². The Balaban J connectivity index is 2.06. The fraction of sp³-hybridized carbons (Fsp3) is 0.333. The van der Waals surface area contributed by atoms with E-state index in [2.05, 4.69) is 0 Å². The zero-order chi connectivity index (χ0) is 17.5. The SMILES string of the molecule is Cc1ccc(S(=O)(=O)[C@H]2[C@@H](c3cccc(Cl)c3)C2(CN)CN)cc1. The standard InChI is InChI=1S/C18H21ClN2O2S/c1-12-5-7-15(8-6-12)24(22,23)17-16(18(17,10-20)11-21)13-3-2-4-14(19)9-13/h2-9,16-17H,10-11,20-21H2,1H3/t16-,17+/m1/s1. The molecule has 0 bridgehead atoms. The molecule has 0 radical (unpaired) electrons. The van der Waals surface area contributed by atoms with Crippen molar-refractivity contribution in [1.29, 1.82) is 0 Å². The summed E-state index contributed by atoms with van der Waals surface area (Å²) in [6.07, 6.45) is 0. The van der Waals surface area contributed by atoms with Gasteiger partial charge in [0, 0.05) is 29.4 Å². The maximum absolute atomic E-state index is 13.2. The number of halogens is 1. The van der Waals surface area contributed by atoms with Crippen LogP contribution in [-0.4, -0.2) is 26.8 Å². The quantitative estimate of drug-likeness (QED) is 0.853. The molecule has 6 heteroatoms. The molecule has 24 heavy (non-hydrogen) atoms. The summed E-state index contributed by atoms with van der Waals surface area (Å²) in [7, 11) is -3.53. The highest BCUT2D eigenvalue weighted by atomic mass is 35.5. The lowest BCUT2D eigenvalue weighted by Gasteiger charge is -2.13. The van der Waals surface area contributed by atoms with Crippen molar-refractivity contribution >= 4 is 21.4 Å². The molecule has 2 aromatic rings. The zero-order valence-electron chi connectivity index (χ0n) is 13.4. The van der Waals surface area contributed by atoms with Gasteiger partial charge in [-0.25, -0.2) is 8.42 Å². The van der Waals surface area contributed by atoms with Crippen molar-refractivity contribution < 1.29 is 8.42 Å². The van der Waals surface area contributed by atoms with Gasteiger partial charge >= 0.3 is 0 Å². The third-order valence-electron chi connectivity index (χ3n) is 5.03. The molecule has 128 valence electrons. The second-order valence-corrected chi connectivity index (χ2v) is 8.96. The van der Waals surface area contributed by atoms with Gasteiger partial charge in [0.2, 0.25) is 0 Å². The Morgan fingerprint density at radius 2 is 1.71 bits per heavy atom. The molecule has 1 saturated carbocycles. The van der Waals surface area contributed by atoms with Gasteiger partial charge in [-0.3, -0.25) is 0 Å². The van der Waals surface area contributed by atoms with Crippen LogP contribution in [0.1, 0.15) is 17.0 Å². The third-order valence-corrected chi connectivity index (χ3v) is 7.61. The number of benzene rings is 2. The molecule has 1 aliphatic carbocycles. The van der Waals surface area contributed by atoms with Gasteiger partial charge in [0.05, 0.1) is 10.1 Å². The lowest BCUT2D eigenvalue weighted by atomic mass is 9.99. The minimum atomic E-state index is -3.53. The Bertz CT molecular complexity index is 846. The molecule has 3 rings (SSSR count). The first-order chi connectivity index (χ1) is 11.4. The van der Waals surface area contributed by atoms with Gasteiger partial charge in [-0.1, -0.05) is 41.4 Å². The lowest BCUT2D eigenvalue weighted by molar-refractivity contribution is 0.510. The molecule has 2 atom stereocenters. The van der Waals surface area contributed by atoms with E-state index in [0.29, 0.717) is 9.92 Å². The average molecular weight is 365 g/mol. The van der Waals surface area contributed by atoms with Crippen LogP contribution < -0.4 is 11.5 Å². The van der Waals surface area contributed by atoms with Crippen LogP contribution in [0.25, 0.3) is 0 Å². The van der Waals surface area contributed by atoms with Crippen molar-refractivity contribution in [3.8, 4) is 0 Å². The van der Waals surface area contributed by atoms with Gasteiger partial charge in [0.25, 0.3) is 0 Å². The van der Waals surface area contributed by atoms with Gasteiger partial charge in [-0.15, -0.1) is 0 Å². The highest BCUT2D eigenvalue weighted by Gasteiger charge is 2.69. The van der Waals surface area contributed by atoms with E-state index in [-0.39, 0.29) is 19.0 Å². The van der Waals surface area contributed by atoms with Gasteiger partial charge in [0.1, 0.15) is 0 Å². The zero-order valence-corrected chi connectivity index (χ0v) is 15.0. The van der Waals surface area contributed by atoms with Crippen LogP contribution in [-0.2, 0) is 9.84 Å². The number of hydrogen-bond donors (Lipinski definition) is 2. The highest BCUT2D eigenvalue weighted by Crippen LogP contribution is 2.63. The maximum Gasteiger partial charge on any atom is 0.182 e. The molecule has 0 unspecified atom stereocenters. The van der Waals surface area contributed by atoms with Crippen molar-refractivity contribution in [2.24, 2.45) is 16.9 Å². The van der Waals surface area contributed by atoms with Crippen LogP contribution >= 0.6 is 11.6 Å². The topological polar surface area (TPSA) is 86.2 Å². The Hall–Kier alpha value is -1.40. The largest absolute Gasteiger partial charge is 0.330 e. The minimum absolute atomic E-state index is 0.219. The summed E-state index contributed by atoms with van der Waals surface area (Å²) in [5, 5.41) is -0.0463. The second-order valence-electron chi connectivity index (χ2n) is 6.45. The fourth-order valence-electron chi connectivity index (χ4n) is 3.59. The summed E-state index contributed by atoms with van der Waals surface area (Å²) in [4.78, 5) is 0.314. The molecule has 4 N–H and O–H groups in total. The Morgan fingerprint density at radius 3 is 2.25 bits per heavy atom. The molecule has 0 saturated heterocycles. The van der Waals surface area contributed by atoms with Crippen LogP contribution in [0.2, 0.25) is 5.02 Å². The molecular formula is C18H21ClN2O2S. The van der Waals surface area contributed by atoms with Crippen LogP contribution in [0.4, 0.5) is 0 Å². The maximum atomic E-state index is 13.2. The predicted octanol–water partition coefficient (Wildman–Crippen LogP) is 2.49. The molecule has 4 nitrogen and oxygen atoms in total. The van der Waals surface area contributed by atoms with Crippen LogP contribution in [0.15, 0.2) is 53.4 Å². The average Bonchev–Trinajstić information content (AvgIpc) is 3.26. The number of hydrogen-bond acceptors (Lipinski definition) is 4. The van der Waals surface area contributed by atoms with E-state index in [1.54, 1.807) is 36.4 Å². The summed E-state index contributed by atoms with van der Waals surface area (Å²) < 4.78 is 26.3. The number of aryl methyl sites for hydroxylation is 1. The molecule has 0 heterocycles. The van der Waals surface area contributed by atoms with Crippen molar-refractivity contribution in [2.75, 3.05) is 13.1 Å². The summed E-state index contributed by atoms with van der Waals surface area (Å²) >= 11 is 6.08. The van der Waals surface area contributed by atoms with Crippen molar-refractivity contribution in [3.63, 3.8) is 0 Å². The van der Waals surface area contributed by atoms with E-state index in [0.717, 1.165) is 11.1 Å². The molecule has 1 fully saturated rings. The fourth-order valence-corrected chi connectivity index (χ4v) is 6.26. The number of nitrogens with two attached hydrogens (primary N) is 2. The number of sulfone groups is 1. The Labute approximate surface area is 147 Å². The number of rotatable bonds is 5. The third kappa shape index (κ3) is 2.65. The van der Waals surface area contributed by atoms with E-state index < -0.39 is 20.5 Å². The first-order valence-corrected chi connectivity index (χ1v) is 9.75. The van der Waals surface area contributed by atoms with E-state index in [4.69, 9.17) is 23.1 Å². The van der Waals surface area contributed by atoms with Crippen molar-refractivity contribution in [1.82, 2.24) is 0 Å². The molecule has 0 spiro atoms. The van der Waals surface area contributed by atoms with Gasteiger partial charge in [-0.05, 0) is 36.8 Å². The first kappa shape index (κ1) is 17.4. The molecule has 0 aliphatic heterocycles.